The Morgan fingerprint density at radius 2 is 2.00 bits per heavy atom. The molecule has 0 bridgehead atoms. The highest BCUT2D eigenvalue weighted by Crippen LogP contribution is 2.48. The van der Waals surface area contributed by atoms with Crippen molar-refractivity contribution < 1.29 is 9.53 Å². The summed E-state index contributed by atoms with van der Waals surface area (Å²) in [6, 6.07) is 15.6. The molecule has 108 valence electrons. The quantitative estimate of drug-likeness (QED) is 0.901. The molecule has 2 atom stereocenters. The molecule has 3 nitrogen and oxygen atoms in total. The average Bonchev–Trinajstić information content (AvgIpc) is 3.28. The first-order chi connectivity index (χ1) is 10.2. The average molecular weight is 346 g/mol. The van der Waals surface area contributed by atoms with Crippen LogP contribution < -0.4 is 10.1 Å². The minimum atomic E-state index is 0.0670. The van der Waals surface area contributed by atoms with E-state index in [1.54, 1.807) is 7.11 Å². The Morgan fingerprint density at radius 1 is 1.24 bits per heavy atom. The van der Waals surface area contributed by atoms with Crippen LogP contribution in [0.25, 0.3) is 0 Å². The molecule has 0 saturated heterocycles. The highest BCUT2D eigenvalue weighted by atomic mass is 79.9. The van der Waals surface area contributed by atoms with E-state index in [4.69, 9.17) is 4.74 Å². The van der Waals surface area contributed by atoms with Gasteiger partial charge in [0.05, 0.1) is 7.11 Å². The third kappa shape index (κ3) is 3.27. The molecule has 0 spiro atoms. The van der Waals surface area contributed by atoms with Crippen LogP contribution in [0.1, 0.15) is 17.9 Å². The summed E-state index contributed by atoms with van der Waals surface area (Å²) >= 11 is 3.40. The van der Waals surface area contributed by atoms with E-state index in [9.17, 15) is 4.79 Å². The fourth-order valence-electron chi connectivity index (χ4n) is 2.51. The molecule has 21 heavy (non-hydrogen) atoms. The predicted octanol–water partition coefficient (Wildman–Crippen LogP) is 4.20. The summed E-state index contributed by atoms with van der Waals surface area (Å²) in [7, 11) is 1.65. The zero-order chi connectivity index (χ0) is 14.8. The van der Waals surface area contributed by atoms with Gasteiger partial charge in [-0.05, 0) is 48.2 Å². The minimum Gasteiger partial charge on any atom is -0.497 e. The van der Waals surface area contributed by atoms with Crippen LogP contribution in [0.4, 0.5) is 5.69 Å². The standard InChI is InChI=1S/C17H16BrNO2/c1-21-14-7-5-11(6-8-14)15-10-16(15)17(20)19-13-4-2-3-12(18)9-13/h2-9,15-16H,10H2,1H3,(H,19,20). The minimum absolute atomic E-state index is 0.0670. The maximum Gasteiger partial charge on any atom is 0.228 e. The summed E-state index contributed by atoms with van der Waals surface area (Å²) in [6.07, 6.45) is 0.909. The van der Waals surface area contributed by atoms with Crippen molar-refractivity contribution in [1.29, 1.82) is 0 Å². The van der Waals surface area contributed by atoms with Crippen molar-refractivity contribution >= 4 is 27.5 Å². The van der Waals surface area contributed by atoms with Gasteiger partial charge < -0.3 is 10.1 Å². The predicted molar refractivity (Wildman–Crippen MR) is 86.6 cm³/mol. The fourth-order valence-corrected chi connectivity index (χ4v) is 2.90. The van der Waals surface area contributed by atoms with Crippen LogP contribution >= 0.6 is 15.9 Å². The molecule has 0 heterocycles. The molecule has 2 aromatic carbocycles. The molecule has 2 unspecified atom stereocenters. The summed E-state index contributed by atoms with van der Waals surface area (Å²) in [6.45, 7) is 0. The molecule has 0 aromatic heterocycles. The number of hydrogen-bond donors (Lipinski definition) is 1. The van der Waals surface area contributed by atoms with Gasteiger partial charge in [0.1, 0.15) is 5.75 Å². The van der Waals surface area contributed by atoms with E-state index in [2.05, 4.69) is 21.2 Å². The summed E-state index contributed by atoms with van der Waals surface area (Å²) in [4.78, 5) is 12.2. The van der Waals surface area contributed by atoms with E-state index in [-0.39, 0.29) is 11.8 Å². The molecular weight excluding hydrogens is 330 g/mol. The first-order valence-corrected chi connectivity index (χ1v) is 7.67. The van der Waals surface area contributed by atoms with Crippen LogP contribution in [0, 0.1) is 5.92 Å². The van der Waals surface area contributed by atoms with E-state index in [1.165, 1.54) is 5.56 Å². The van der Waals surface area contributed by atoms with Gasteiger partial charge in [0.15, 0.2) is 0 Å². The Bertz CT molecular complexity index is 654. The Hall–Kier alpha value is -1.81. The third-order valence-corrected chi connectivity index (χ3v) is 4.26. The summed E-state index contributed by atoms with van der Waals surface area (Å²) in [5, 5.41) is 2.97. The number of methoxy groups -OCH3 is 1. The van der Waals surface area contributed by atoms with Gasteiger partial charge in [-0.15, -0.1) is 0 Å². The molecule has 0 aliphatic heterocycles. The fraction of sp³-hybridized carbons (Fsp3) is 0.235. The summed E-state index contributed by atoms with van der Waals surface area (Å²) in [5.41, 5.74) is 2.03. The number of ether oxygens (including phenoxy) is 1. The number of anilines is 1. The van der Waals surface area contributed by atoms with Crippen LogP contribution in [0.5, 0.6) is 5.75 Å². The van der Waals surface area contributed by atoms with Gasteiger partial charge in [-0.1, -0.05) is 34.1 Å². The molecule has 1 saturated carbocycles. The van der Waals surface area contributed by atoms with Gasteiger partial charge in [-0.3, -0.25) is 4.79 Å². The van der Waals surface area contributed by atoms with E-state index in [1.807, 2.05) is 48.5 Å². The van der Waals surface area contributed by atoms with Crippen molar-refractivity contribution in [3.63, 3.8) is 0 Å². The van der Waals surface area contributed by atoms with Crippen LogP contribution in [0.2, 0.25) is 0 Å². The summed E-state index contributed by atoms with van der Waals surface area (Å²) in [5.74, 6) is 1.32. The Kier molecular flexibility index (Phi) is 3.97. The van der Waals surface area contributed by atoms with E-state index in [0.29, 0.717) is 5.92 Å². The molecule has 0 radical (unpaired) electrons. The van der Waals surface area contributed by atoms with Gasteiger partial charge >= 0.3 is 0 Å². The van der Waals surface area contributed by atoms with Gasteiger partial charge in [-0.2, -0.15) is 0 Å². The van der Waals surface area contributed by atoms with E-state index >= 15 is 0 Å². The number of nitrogens with one attached hydrogen (secondary N) is 1. The zero-order valence-corrected chi connectivity index (χ0v) is 13.3. The number of amides is 1. The van der Waals surface area contributed by atoms with Crippen LogP contribution in [-0.4, -0.2) is 13.0 Å². The maximum atomic E-state index is 12.2. The third-order valence-electron chi connectivity index (χ3n) is 3.76. The van der Waals surface area contributed by atoms with Crippen molar-refractivity contribution in [3.8, 4) is 5.75 Å². The van der Waals surface area contributed by atoms with Gasteiger partial charge in [0.2, 0.25) is 5.91 Å². The van der Waals surface area contributed by atoms with Crippen molar-refractivity contribution in [2.75, 3.05) is 12.4 Å². The van der Waals surface area contributed by atoms with Crippen LogP contribution in [0.3, 0.4) is 0 Å². The highest BCUT2D eigenvalue weighted by Gasteiger charge is 2.43. The van der Waals surface area contributed by atoms with E-state index < -0.39 is 0 Å². The molecule has 3 rings (SSSR count). The monoisotopic (exact) mass is 345 g/mol. The Balaban J connectivity index is 1.62. The molecule has 1 N–H and O–H groups in total. The lowest BCUT2D eigenvalue weighted by atomic mass is 10.1. The smallest absolute Gasteiger partial charge is 0.228 e. The van der Waals surface area contributed by atoms with E-state index in [0.717, 1.165) is 22.3 Å². The number of carbonyl (C=O) groups excluding carboxylic acids is 1. The molecule has 1 amide bonds. The lowest BCUT2D eigenvalue weighted by Crippen LogP contribution is -2.14. The number of halogens is 1. The van der Waals surface area contributed by atoms with Crippen molar-refractivity contribution in [2.45, 2.75) is 12.3 Å². The summed E-state index contributed by atoms with van der Waals surface area (Å²) < 4.78 is 6.11. The van der Waals surface area contributed by atoms with Crippen molar-refractivity contribution in [3.05, 3.63) is 58.6 Å². The van der Waals surface area contributed by atoms with Gasteiger partial charge in [-0.25, -0.2) is 0 Å². The Labute approximate surface area is 132 Å². The number of rotatable bonds is 4. The SMILES string of the molecule is COc1ccc(C2CC2C(=O)Nc2cccc(Br)c2)cc1. The molecule has 2 aromatic rings. The van der Waals surface area contributed by atoms with Gasteiger partial charge in [0.25, 0.3) is 0 Å². The second-order valence-corrected chi connectivity index (χ2v) is 6.14. The van der Waals surface area contributed by atoms with Crippen molar-refractivity contribution in [2.24, 2.45) is 5.92 Å². The molecule has 1 aliphatic rings. The van der Waals surface area contributed by atoms with Crippen LogP contribution in [-0.2, 0) is 4.79 Å². The number of carbonyl (C=O) groups is 1. The molecule has 1 fully saturated rings. The molecule has 4 heteroatoms. The topological polar surface area (TPSA) is 38.3 Å². The highest BCUT2D eigenvalue weighted by molar-refractivity contribution is 9.10. The first kappa shape index (κ1) is 14.1. The normalized spacial score (nSPS) is 19.9. The largest absolute Gasteiger partial charge is 0.497 e. The Morgan fingerprint density at radius 3 is 2.67 bits per heavy atom. The second-order valence-electron chi connectivity index (χ2n) is 5.22. The second kappa shape index (κ2) is 5.90. The maximum absolute atomic E-state index is 12.2. The van der Waals surface area contributed by atoms with Crippen LogP contribution in [0.15, 0.2) is 53.0 Å². The zero-order valence-electron chi connectivity index (χ0n) is 11.7. The molecule has 1 aliphatic carbocycles. The number of hydrogen-bond acceptors (Lipinski definition) is 2. The molecular formula is C17H16BrNO2. The number of benzene rings is 2. The first-order valence-electron chi connectivity index (χ1n) is 6.88. The lowest BCUT2D eigenvalue weighted by Gasteiger charge is -2.06. The van der Waals surface area contributed by atoms with Crippen molar-refractivity contribution in [1.82, 2.24) is 0 Å². The lowest BCUT2D eigenvalue weighted by molar-refractivity contribution is -0.117. The van der Waals surface area contributed by atoms with Gasteiger partial charge in [0, 0.05) is 16.1 Å².